The SMILES string of the molecule is C#CCn1c(=O)c([N+](=O)[O-])c(O)c2cc(Cl)ccc21. The van der Waals surface area contributed by atoms with E-state index in [0.717, 1.165) is 4.57 Å². The number of hydrogen-bond acceptors (Lipinski definition) is 4. The van der Waals surface area contributed by atoms with Crippen LogP contribution >= 0.6 is 11.6 Å². The summed E-state index contributed by atoms with van der Waals surface area (Å²) in [6.07, 6.45) is 5.15. The minimum absolute atomic E-state index is 0.106. The van der Waals surface area contributed by atoms with Crippen LogP contribution in [0.15, 0.2) is 23.0 Å². The Balaban J connectivity index is 3.04. The largest absolute Gasteiger partial charge is 0.501 e. The Kier molecular flexibility index (Phi) is 3.15. The summed E-state index contributed by atoms with van der Waals surface area (Å²) in [6.45, 7) is -0.141. The summed E-state index contributed by atoms with van der Waals surface area (Å²) in [5.74, 6) is 1.54. The van der Waals surface area contributed by atoms with Crippen molar-refractivity contribution in [3.05, 3.63) is 43.7 Å². The molecule has 0 aliphatic rings. The first-order valence-electron chi connectivity index (χ1n) is 5.10. The summed E-state index contributed by atoms with van der Waals surface area (Å²) in [5.41, 5.74) is -1.57. The third kappa shape index (κ3) is 2.00. The molecule has 96 valence electrons. The lowest BCUT2D eigenvalue weighted by Crippen LogP contribution is -2.22. The van der Waals surface area contributed by atoms with Crippen molar-refractivity contribution in [3.8, 4) is 18.1 Å². The second-order valence-corrected chi connectivity index (χ2v) is 4.15. The van der Waals surface area contributed by atoms with Gasteiger partial charge < -0.3 is 5.11 Å². The van der Waals surface area contributed by atoms with Gasteiger partial charge in [-0.05, 0) is 18.2 Å². The number of pyridine rings is 1. The monoisotopic (exact) mass is 278 g/mol. The molecule has 1 heterocycles. The molecule has 0 amide bonds. The topological polar surface area (TPSA) is 85.4 Å². The number of terminal acetylenes is 1. The summed E-state index contributed by atoms with van der Waals surface area (Å²) < 4.78 is 1.05. The van der Waals surface area contributed by atoms with Crippen LogP contribution in [0.3, 0.4) is 0 Å². The molecular formula is C12H7ClN2O4. The van der Waals surface area contributed by atoms with E-state index in [4.69, 9.17) is 18.0 Å². The van der Waals surface area contributed by atoms with Crippen LogP contribution in [0.2, 0.25) is 5.02 Å². The molecule has 0 aliphatic heterocycles. The van der Waals surface area contributed by atoms with Crippen LogP contribution in [-0.2, 0) is 6.54 Å². The zero-order chi connectivity index (χ0) is 14.2. The average Bonchev–Trinajstić information content (AvgIpc) is 2.34. The molecule has 1 aromatic heterocycles. The fraction of sp³-hybridized carbons (Fsp3) is 0.0833. The minimum Gasteiger partial charge on any atom is -0.501 e. The maximum atomic E-state index is 12.0. The summed E-state index contributed by atoms with van der Waals surface area (Å²) in [5, 5.41) is 21.1. The van der Waals surface area contributed by atoms with Crippen molar-refractivity contribution in [3.63, 3.8) is 0 Å². The van der Waals surface area contributed by atoms with Gasteiger partial charge in [0, 0.05) is 10.4 Å². The molecule has 0 spiro atoms. The number of benzene rings is 1. The molecule has 0 fully saturated rings. The maximum absolute atomic E-state index is 12.0. The standard InChI is InChI=1S/C12H7ClN2O4/c1-2-5-14-9-4-3-7(13)6-8(9)11(16)10(12(14)17)15(18)19/h1,3-4,6,16H,5H2. The fourth-order valence-electron chi connectivity index (χ4n) is 1.81. The summed E-state index contributed by atoms with van der Waals surface area (Å²) >= 11 is 5.78. The molecule has 7 heteroatoms. The number of halogens is 1. The van der Waals surface area contributed by atoms with Crippen molar-refractivity contribution < 1.29 is 10.0 Å². The number of hydrogen-bond donors (Lipinski definition) is 1. The summed E-state index contributed by atoms with van der Waals surface area (Å²) in [6, 6.07) is 4.31. The molecule has 6 nitrogen and oxygen atoms in total. The Morgan fingerprint density at radius 2 is 2.21 bits per heavy atom. The lowest BCUT2D eigenvalue weighted by molar-refractivity contribution is -0.387. The molecule has 2 aromatic rings. The van der Waals surface area contributed by atoms with Crippen molar-refractivity contribution in [2.24, 2.45) is 0 Å². The quantitative estimate of drug-likeness (QED) is 0.516. The van der Waals surface area contributed by atoms with Crippen LogP contribution in [0.4, 0.5) is 5.69 Å². The van der Waals surface area contributed by atoms with Gasteiger partial charge in [-0.25, -0.2) is 0 Å². The second kappa shape index (κ2) is 4.63. The molecule has 0 unspecified atom stereocenters. The van der Waals surface area contributed by atoms with Crippen LogP contribution < -0.4 is 5.56 Å². The van der Waals surface area contributed by atoms with Gasteiger partial charge in [-0.3, -0.25) is 19.5 Å². The van der Waals surface area contributed by atoms with E-state index in [1.54, 1.807) is 0 Å². The minimum atomic E-state index is -0.949. The van der Waals surface area contributed by atoms with Gasteiger partial charge in [0.25, 0.3) is 0 Å². The smallest absolute Gasteiger partial charge is 0.375 e. The first-order valence-corrected chi connectivity index (χ1v) is 5.48. The van der Waals surface area contributed by atoms with Crippen LogP contribution in [0, 0.1) is 22.5 Å². The van der Waals surface area contributed by atoms with E-state index < -0.39 is 21.9 Å². The zero-order valence-electron chi connectivity index (χ0n) is 9.46. The number of nitrogens with zero attached hydrogens (tertiary/aromatic N) is 2. The Labute approximate surface area is 112 Å². The van der Waals surface area contributed by atoms with Gasteiger partial charge in [-0.15, -0.1) is 6.42 Å². The van der Waals surface area contributed by atoms with Gasteiger partial charge in [-0.1, -0.05) is 17.5 Å². The Bertz CT molecular complexity index is 789. The average molecular weight is 279 g/mol. The van der Waals surface area contributed by atoms with Crippen LogP contribution in [0.25, 0.3) is 10.9 Å². The molecule has 0 saturated carbocycles. The van der Waals surface area contributed by atoms with E-state index >= 15 is 0 Å². The zero-order valence-corrected chi connectivity index (χ0v) is 10.2. The normalized spacial score (nSPS) is 10.3. The highest BCUT2D eigenvalue weighted by molar-refractivity contribution is 6.31. The van der Waals surface area contributed by atoms with E-state index in [2.05, 4.69) is 5.92 Å². The van der Waals surface area contributed by atoms with Crippen molar-refractivity contribution >= 4 is 28.2 Å². The van der Waals surface area contributed by atoms with E-state index in [1.807, 2.05) is 0 Å². The molecular weight excluding hydrogens is 272 g/mol. The summed E-state index contributed by atoms with van der Waals surface area (Å²) in [4.78, 5) is 21.9. The molecule has 2 rings (SSSR count). The molecule has 0 aliphatic carbocycles. The van der Waals surface area contributed by atoms with Gasteiger partial charge in [0.05, 0.1) is 17.0 Å². The molecule has 1 aromatic carbocycles. The third-order valence-corrected chi connectivity index (χ3v) is 2.84. The van der Waals surface area contributed by atoms with E-state index in [-0.39, 0.29) is 22.5 Å². The van der Waals surface area contributed by atoms with Gasteiger partial charge in [-0.2, -0.15) is 0 Å². The highest BCUT2D eigenvalue weighted by atomic mass is 35.5. The molecule has 0 radical (unpaired) electrons. The number of rotatable bonds is 2. The Morgan fingerprint density at radius 3 is 2.79 bits per heavy atom. The van der Waals surface area contributed by atoms with Crippen molar-refractivity contribution in [2.45, 2.75) is 6.54 Å². The highest BCUT2D eigenvalue weighted by Crippen LogP contribution is 2.32. The van der Waals surface area contributed by atoms with Crippen molar-refractivity contribution in [1.29, 1.82) is 0 Å². The predicted octanol–water partition coefficient (Wildman–Crippen LogP) is 1.90. The predicted molar refractivity (Wildman–Crippen MR) is 70.4 cm³/mol. The molecule has 0 bridgehead atoms. The summed E-state index contributed by atoms with van der Waals surface area (Å²) in [7, 11) is 0. The lowest BCUT2D eigenvalue weighted by atomic mass is 10.1. The van der Waals surface area contributed by atoms with Gasteiger partial charge in [0.2, 0.25) is 5.75 Å². The molecule has 0 atom stereocenters. The number of fused-ring (bicyclic) bond motifs is 1. The third-order valence-electron chi connectivity index (χ3n) is 2.61. The Hall–Kier alpha value is -2.52. The maximum Gasteiger partial charge on any atom is 0.375 e. The first-order chi connectivity index (χ1) is 8.97. The van der Waals surface area contributed by atoms with Gasteiger partial charge in [0.1, 0.15) is 0 Å². The van der Waals surface area contributed by atoms with E-state index in [1.165, 1.54) is 18.2 Å². The fourth-order valence-corrected chi connectivity index (χ4v) is 1.98. The molecule has 19 heavy (non-hydrogen) atoms. The van der Waals surface area contributed by atoms with E-state index in [9.17, 15) is 20.0 Å². The van der Waals surface area contributed by atoms with Crippen LogP contribution in [-0.4, -0.2) is 14.6 Å². The van der Waals surface area contributed by atoms with E-state index in [0.29, 0.717) is 0 Å². The van der Waals surface area contributed by atoms with Crippen molar-refractivity contribution in [2.75, 3.05) is 0 Å². The number of aromatic nitrogens is 1. The highest BCUT2D eigenvalue weighted by Gasteiger charge is 2.25. The number of aromatic hydroxyl groups is 1. The Morgan fingerprint density at radius 1 is 1.53 bits per heavy atom. The molecule has 0 saturated heterocycles. The molecule has 1 N–H and O–H groups in total. The van der Waals surface area contributed by atoms with Gasteiger partial charge >= 0.3 is 11.2 Å². The number of nitro groups is 1. The first kappa shape index (κ1) is 12.9. The van der Waals surface area contributed by atoms with Crippen LogP contribution in [0.1, 0.15) is 0 Å². The van der Waals surface area contributed by atoms with Crippen molar-refractivity contribution in [1.82, 2.24) is 4.57 Å². The lowest BCUT2D eigenvalue weighted by Gasteiger charge is -2.09. The second-order valence-electron chi connectivity index (χ2n) is 3.71. The van der Waals surface area contributed by atoms with Gasteiger partial charge in [0.15, 0.2) is 0 Å². The van der Waals surface area contributed by atoms with Crippen LogP contribution in [0.5, 0.6) is 5.75 Å².